The van der Waals surface area contributed by atoms with Crippen molar-refractivity contribution in [2.75, 3.05) is 0 Å². The molecule has 3 aliphatic rings. The van der Waals surface area contributed by atoms with Gasteiger partial charge in [-0.15, -0.1) is 0 Å². The van der Waals surface area contributed by atoms with E-state index in [2.05, 4.69) is 4.99 Å². The highest BCUT2D eigenvalue weighted by Gasteiger charge is 2.49. The molecule has 1 fully saturated rings. The third-order valence-electron chi connectivity index (χ3n) is 4.94. The summed E-state index contributed by atoms with van der Waals surface area (Å²) in [6, 6.07) is 14.5. The van der Waals surface area contributed by atoms with Crippen molar-refractivity contribution in [1.29, 1.82) is 0 Å². The summed E-state index contributed by atoms with van der Waals surface area (Å²) in [5, 5.41) is 0.913. The number of amidine groups is 1. The molecule has 5 rings (SSSR count). The fraction of sp³-hybridized carbons (Fsp3) is 0.150. The molecular weight excluding hydrogens is 368 g/mol. The first-order chi connectivity index (χ1) is 12.6. The molecule has 0 aromatic heterocycles. The number of benzene rings is 2. The monoisotopic (exact) mass is 380 g/mol. The van der Waals surface area contributed by atoms with Crippen molar-refractivity contribution >= 4 is 45.8 Å². The summed E-state index contributed by atoms with van der Waals surface area (Å²) in [5.41, 5.74) is 3.46. The smallest absolute Gasteiger partial charge is 0.242 e. The second-order valence-electron chi connectivity index (χ2n) is 6.42. The lowest BCUT2D eigenvalue weighted by Gasteiger charge is -2.33. The fourth-order valence-corrected chi connectivity index (χ4v) is 4.99. The predicted molar refractivity (Wildman–Crippen MR) is 103 cm³/mol. The number of amides is 1. The number of hydrogen-bond donors (Lipinski definition) is 0. The van der Waals surface area contributed by atoms with E-state index in [-0.39, 0.29) is 16.9 Å². The van der Waals surface area contributed by atoms with Gasteiger partial charge in [-0.1, -0.05) is 65.8 Å². The van der Waals surface area contributed by atoms with Gasteiger partial charge in [-0.05, 0) is 24.1 Å². The van der Waals surface area contributed by atoms with E-state index in [1.165, 1.54) is 11.8 Å². The Kier molecular flexibility index (Phi) is 3.39. The zero-order valence-corrected chi connectivity index (χ0v) is 15.3. The number of carbonyl (C=O) groups is 2. The molecule has 4 nitrogen and oxygen atoms in total. The van der Waals surface area contributed by atoms with E-state index >= 15 is 0 Å². The van der Waals surface area contributed by atoms with Gasteiger partial charge in [-0.25, -0.2) is 4.99 Å². The maximum atomic E-state index is 12.9. The molecule has 26 heavy (non-hydrogen) atoms. The summed E-state index contributed by atoms with van der Waals surface area (Å²) in [4.78, 5) is 32.1. The summed E-state index contributed by atoms with van der Waals surface area (Å²) < 4.78 is 0. The van der Waals surface area contributed by atoms with Gasteiger partial charge >= 0.3 is 0 Å². The van der Waals surface area contributed by atoms with Gasteiger partial charge in [-0.3, -0.25) is 14.5 Å². The topological polar surface area (TPSA) is 49.7 Å². The molecule has 0 radical (unpaired) electrons. The number of aliphatic imine (C=N–C) groups is 1. The van der Waals surface area contributed by atoms with Crippen molar-refractivity contribution in [3.8, 4) is 0 Å². The summed E-state index contributed by atoms with van der Waals surface area (Å²) in [6.07, 6.45) is 0. The predicted octanol–water partition coefficient (Wildman–Crippen LogP) is 4.32. The molecule has 0 spiro atoms. The lowest BCUT2D eigenvalue weighted by Crippen LogP contribution is -2.38. The molecule has 2 atom stereocenters. The highest BCUT2D eigenvalue weighted by Crippen LogP contribution is 2.51. The van der Waals surface area contributed by atoms with Crippen molar-refractivity contribution in [2.45, 2.75) is 18.2 Å². The van der Waals surface area contributed by atoms with Crippen LogP contribution in [0, 0.1) is 0 Å². The molecule has 0 unspecified atom stereocenters. The van der Waals surface area contributed by atoms with Gasteiger partial charge in [0, 0.05) is 16.2 Å². The van der Waals surface area contributed by atoms with Crippen LogP contribution < -0.4 is 0 Å². The van der Waals surface area contributed by atoms with E-state index < -0.39 is 6.04 Å². The number of rotatable bonds is 1. The maximum absolute atomic E-state index is 12.9. The van der Waals surface area contributed by atoms with Crippen LogP contribution in [0.1, 0.15) is 34.5 Å². The first-order valence-corrected chi connectivity index (χ1v) is 9.55. The van der Waals surface area contributed by atoms with Crippen LogP contribution in [0.5, 0.6) is 0 Å². The standard InChI is InChI=1S/C20H13ClN2O2S/c1-10-19(25)23-17(13-8-4-5-9-14(13)21)15-11-6-2-3-7-12(11)18(24)16(15)22-20(23)26-10/h2-10,17H,1H3/t10-,17+/m0/s1. The van der Waals surface area contributed by atoms with E-state index in [9.17, 15) is 9.59 Å². The molecule has 6 heteroatoms. The number of carbonyl (C=O) groups excluding carboxylic acids is 2. The number of nitrogens with zero attached hydrogens (tertiary/aromatic N) is 2. The van der Waals surface area contributed by atoms with Crippen molar-refractivity contribution in [2.24, 2.45) is 4.99 Å². The van der Waals surface area contributed by atoms with Crippen LogP contribution in [0.2, 0.25) is 5.02 Å². The summed E-state index contributed by atoms with van der Waals surface area (Å²) in [6.45, 7) is 1.86. The number of allylic oxidation sites excluding steroid dienone is 1. The van der Waals surface area contributed by atoms with Crippen LogP contribution in [0.4, 0.5) is 0 Å². The summed E-state index contributed by atoms with van der Waals surface area (Å²) in [5.74, 6) is -0.102. The van der Waals surface area contributed by atoms with Crippen LogP contribution in [0.25, 0.3) is 5.57 Å². The van der Waals surface area contributed by atoms with Crippen LogP contribution >= 0.6 is 23.4 Å². The van der Waals surface area contributed by atoms with E-state index in [0.29, 0.717) is 21.5 Å². The lowest BCUT2D eigenvalue weighted by atomic mass is 9.91. The normalized spacial score (nSPS) is 23.8. The second kappa shape index (κ2) is 5.56. The number of Topliss-reactive ketones (excluding diaryl/α,β-unsaturated/α-hetero) is 1. The van der Waals surface area contributed by atoms with Crippen LogP contribution in [-0.4, -0.2) is 27.0 Å². The number of ketones is 1. The van der Waals surface area contributed by atoms with Crippen molar-refractivity contribution in [1.82, 2.24) is 4.90 Å². The minimum absolute atomic E-state index is 0.0120. The van der Waals surface area contributed by atoms with E-state index in [4.69, 9.17) is 11.6 Å². The Morgan fingerprint density at radius 2 is 1.73 bits per heavy atom. The van der Waals surface area contributed by atoms with Crippen LogP contribution in [0.15, 0.2) is 59.2 Å². The van der Waals surface area contributed by atoms with Crippen LogP contribution in [0.3, 0.4) is 0 Å². The van der Waals surface area contributed by atoms with E-state index in [1.807, 2.05) is 55.5 Å². The summed E-state index contributed by atoms with van der Waals surface area (Å²) in [7, 11) is 0. The molecule has 0 N–H and O–H groups in total. The maximum Gasteiger partial charge on any atom is 0.242 e. The molecule has 128 valence electrons. The Morgan fingerprint density at radius 3 is 2.50 bits per heavy atom. The van der Waals surface area contributed by atoms with Gasteiger partial charge < -0.3 is 0 Å². The second-order valence-corrected chi connectivity index (χ2v) is 8.14. The highest BCUT2D eigenvalue weighted by molar-refractivity contribution is 8.15. The average molecular weight is 381 g/mol. The Labute approximate surface area is 159 Å². The molecule has 2 heterocycles. The number of halogens is 1. The number of fused-ring (bicyclic) bond motifs is 3. The third-order valence-corrected chi connectivity index (χ3v) is 6.34. The molecule has 2 aromatic rings. The Balaban J connectivity index is 1.81. The van der Waals surface area contributed by atoms with Crippen molar-refractivity contribution < 1.29 is 9.59 Å². The lowest BCUT2D eigenvalue weighted by molar-refractivity contribution is -0.126. The zero-order valence-electron chi connectivity index (χ0n) is 13.8. The van der Waals surface area contributed by atoms with Crippen molar-refractivity contribution in [3.05, 3.63) is 75.9 Å². The number of hydrogen-bond acceptors (Lipinski definition) is 4. The average Bonchev–Trinajstić information content (AvgIpc) is 3.09. The SMILES string of the molecule is C[C@@H]1SC2=NC3=C(c4ccccc4C3=O)[C@@H](c3ccccc3Cl)N2C1=O. The highest BCUT2D eigenvalue weighted by atomic mass is 35.5. The Hall–Kier alpha value is -2.37. The fourth-order valence-electron chi connectivity index (χ4n) is 3.77. The Morgan fingerprint density at radius 1 is 1.04 bits per heavy atom. The van der Waals surface area contributed by atoms with Gasteiger partial charge in [-0.2, -0.15) is 0 Å². The third kappa shape index (κ3) is 2.01. The minimum atomic E-state index is -0.441. The molecule has 2 aromatic carbocycles. The van der Waals surface area contributed by atoms with Gasteiger partial charge in [0.1, 0.15) is 5.70 Å². The van der Waals surface area contributed by atoms with E-state index in [0.717, 1.165) is 16.7 Å². The van der Waals surface area contributed by atoms with Gasteiger partial charge in [0.25, 0.3) is 0 Å². The van der Waals surface area contributed by atoms with Gasteiger partial charge in [0.15, 0.2) is 5.17 Å². The van der Waals surface area contributed by atoms with Crippen molar-refractivity contribution in [3.63, 3.8) is 0 Å². The molecule has 1 amide bonds. The molecular formula is C20H13ClN2O2S. The Bertz CT molecular complexity index is 1060. The molecule has 2 aliphatic heterocycles. The largest absolute Gasteiger partial charge is 0.287 e. The molecule has 0 saturated carbocycles. The molecule has 1 aliphatic carbocycles. The zero-order chi connectivity index (χ0) is 18.0. The first-order valence-electron chi connectivity index (χ1n) is 8.29. The van der Waals surface area contributed by atoms with Gasteiger partial charge in [0.2, 0.25) is 11.7 Å². The van der Waals surface area contributed by atoms with E-state index in [1.54, 1.807) is 4.90 Å². The minimum Gasteiger partial charge on any atom is -0.287 e. The number of thioether (sulfide) groups is 1. The van der Waals surface area contributed by atoms with Gasteiger partial charge in [0.05, 0.1) is 11.3 Å². The summed E-state index contributed by atoms with van der Waals surface area (Å²) >= 11 is 7.88. The first kappa shape index (κ1) is 15.9. The van der Waals surface area contributed by atoms with Crippen LogP contribution in [-0.2, 0) is 4.79 Å². The quantitative estimate of drug-likeness (QED) is 0.740. The molecule has 0 bridgehead atoms. The molecule has 1 saturated heterocycles.